The minimum absolute atomic E-state index is 0.0314. The summed E-state index contributed by atoms with van der Waals surface area (Å²) in [6, 6.07) is 6.20. The number of nitrogens with zero attached hydrogens (tertiary/aromatic N) is 2. The quantitative estimate of drug-likeness (QED) is 0.807. The second-order valence-corrected chi connectivity index (χ2v) is 9.60. The molecule has 6 nitrogen and oxygen atoms in total. The SMILES string of the molecule is CC(C)N1CCCC2(CCCN2C(=O)c2cccc(S(C)(=O)=O)c2)C1=O. The van der Waals surface area contributed by atoms with Crippen LogP contribution in [0, 0.1) is 0 Å². The molecule has 0 radical (unpaired) electrons. The van der Waals surface area contributed by atoms with Gasteiger partial charge in [0.2, 0.25) is 5.91 Å². The van der Waals surface area contributed by atoms with E-state index in [0.29, 0.717) is 24.9 Å². The van der Waals surface area contributed by atoms with Crippen LogP contribution in [0.4, 0.5) is 0 Å². The number of piperidine rings is 1. The molecule has 1 unspecified atom stereocenters. The van der Waals surface area contributed by atoms with Gasteiger partial charge in [-0.15, -0.1) is 0 Å². The summed E-state index contributed by atoms with van der Waals surface area (Å²) in [5.74, 6) is -0.226. The lowest BCUT2D eigenvalue weighted by Gasteiger charge is -2.46. The third-order valence-corrected chi connectivity index (χ3v) is 6.62. The van der Waals surface area contributed by atoms with Crippen molar-refractivity contribution in [2.24, 2.45) is 0 Å². The molecule has 142 valence electrons. The van der Waals surface area contributed by atoms with Crippen molar-refractivity contribution in [2.75, 3.05) is 19.3 Å². The molecule has 0 aliphatic carbocycles. The van der Waals surface area contributed by atoms with Crippen LogP contribution < -0.4 is 0 Å². The molecular weight excluding hydrogens is 352 g/mol. The molecule has 2 amide bonds. The zero-order chi connectivity index (χ0) is 19.1. The van der Waals surface area contributed by atoms with Crippen molar-refractivity contribution in [3.63, 3.8) is 0 Å². The number of carbonyl (C=O) groups excluding carboxylic acids is 2. The fourth-order valence-corrected chi connectivity index (χ4v) is 4.85. The van der Waals surface area contributed by atoms with Crippen LogP contribution in [-0.4, -0.2) is 61.0 Å². The molecule has 2 fully saturated rings. The first-order valence-electron chi connectivity index (χ1n) is 9.10. The van der Waals surface area contributed by atoms with E-state index in [1.165, 1.54) is 12.1 Å². The maximum atomic E-state index is 13.2. The third-order valence-electron chi connectivity index (χ3n) is 5.51. The lowest BCUT2D eigenvalue weighted by atomic mass is 9.84. The highest BCUT2D eigenvalue weighted by Crippen LogP contribution is 2.39. The molecule has 1 aromatic rings. The Balaban J connectivity index is 1.96. The number of likely N-dealkylation sites (tertiary alicyclic amines) is 2. The number of sulfone groups is 1. The average Bonchev–Trinajstić information content (AvgIpc) is 3.00. The van der Waals surface area contributed by atoms with Gasteiger partial charge in [0.15, 0.2) is 9.84 Å². The van der Waals surface area contributed by atoms with Crippen LogP contribution in [0.3, 0.4) is 0 Å². The van der Waals surface area contributed by atoms with Gasteiger partial charge in [-0.2, -0.15) is 0 Å². The zero-order valence-corrected chi connectivity index (χ0v) is 16.4. The Hall–Kier alpha value is -1.89. The van der Waals surface area contributed by atoms with Gasteiger partial charge in [0.05, 0.1) is 4.90 Å². The van der Waals surface area contributed by atoms with Crippen LogP contribution >= 0.6 is 0 Å². The van der Waals surface area contributed by atoms with E-state index in [1.807, 2.05) is 18.7 Å². The van der Waals surface area contributed by atoms with E-state index in [4.69, 9.17) is 0 Å². The van der Waals surface area contributed by atoms with Crippen LogP contribution in [0.2, 0.25) is 0 Å². The highest BCUT2D eigenvalue weighted by Gasteiger charge is 2.53. The van der Waals surface area contributed by atoms with Crippen LogP contribution in [0.5, 0.6) is 0 Å². The average molecular weight is 378 g/mol. The van der Waals surface area contributed by atoms with Crippen molar-refractivity contribution in [3.05, 3.63) is 29.8 Å². The minimum Gasteiger partial charge on any atom is -0.338 e. The Bertz CT molecular complexity index is 834. The largest absolute Gasteiger partial charge is 0.338 e. The van der Waals surface area contributed by atoms with E-state index in [-0.39, 0.29) is 22.8 Å². The first kappa shape index (κ1) is 18.9. The molecule has 0 saturated carbocycles. The number of rotatable bonds is 3. The summed E-state index contributed by atoms with van der Waals surface area (Å²) in [5.41, 5.74) is -0.454. The maximum absolute atomic E-state index is 13.2. The fourth-order valence-electron chi connectivity index (χ4n) is 4.18. The van der Waals surface area contributed by atoms with Crippen molar-refractivity contribution in [3.8, 4) is 0 Å². The fraction of sp³-hybridized carbons (Fsp3) is 0.579. The highest BCUT2D eigenvalue weighted by molar-refractivity contribution is 7.90. The number of hydrogen-bond acceptors (Lipinski definition) is 4. The molecular formula is C19H26N2O4S. The van der Waals surface area contributed by atoms with E-state index < -0.39 is 15.4 Å². The molecule has 2 aliphatic rings. The van der Waals surface area contributed by atoms with Gasteiger partial charge >= 0.3 is 0 Å². The first-order valence-corrected chi connectivity index (χ1v) is 11.0. The van der Waals surface area contributed by atoms with Gasteiger partial charge in [0.1, 0.15) is 5.54 Å². The van der Waals surface area contributed by atoms with Gasteiger partial charge in [0.25, 0.3) is 5.91 Å². The minimum atomic E-state index is -3.39. The molecule has 0 bridgehead atoms. The monoisotopic (exact) mass is 378 g/mol. The molecule has 3 rings (SSSR count). The van der Waals surface area contributed by atoms with E-state index in [1.54, 1.807) is 17.0 Å². The van der Waals surface area contributed by atoms with E-state index in [0.717, 1.165) is 25.6 Å². The van der Waals surface area contributed by atoms with E-state index >= 15 is 0 Å². The molecule has 7 heteroatoms. The van der Waals surface area contributed by atoms with Gasteiger partial charge in [0, 0.05) is 31.0 Å². The molecule has 2 saturated heterocycles. The second-order valence-electron chi connectivity index (χ2n) is 7.59. The van der Waals surface area contributed by atoms with Crippen molar-refractivity contribution in [1.82, 2.24) is 9.80 Å². The molecule has 1 aromatic carbocycles. The van der Waals surface area contributed by atoms with Crippen LogP contribution in [0.15, 0.2) is 29.2 Å². The van der Waals surface area contributed by atoms with Crippen LogP contribution in [0.25, 0.3) is 0 Å². The number of hydrogen-bond donors (Lipinski definition) is 0. The molecule has 2 heterocycles. The normalized spacial score (nSPS) is 23.9. The summed E-state index contributed by atoms with van der Waals surface area (Å²) in [5, 5.41) is 0. The molecule has 26 heavy (non-hydrogen) atoms. The van der Waals surface area contributed by atoms with Gasteiger partial charge in [-0.25, -0.2) is 8.42 Å². The summed E-state index contributed by atoms with van der Waals surface area (Å²) in [7, 11) is -3.39. The van der Waals surface area contributed by atoms with Crippen molar-refractivity contribution in [2.45, 2.75) is 56.0 Å². The number of amides is 2. The molecule has 1 atom stereocenters. The summed E-state index contributed by atoms with van der Waals surface area (Å²) in [4.78, 5) is 30.1. The summed E-state index contributed by atoms with van der Waals surface area (Å²) >= 11 is 0. The van der Waals surface area contributed by atoms with Crippen molar-refractivity contribution < 1.29 is 18.0 Å². The van der Waals surface area contributed by atoms with Crippen LogP contribution in [0.1, 0.15) is 49.9 Å². The van der Waals surface area contributed by atoms with Crippen LogP contribution in [-0.2, 0) is 14.6 Å². The lowest BCUT2D eigenvalue weighted by Crippen LogP contribution is -2.62. The zero-order valence-electron chi connectivity index (χ0n) is 15.6. The van der Waals surface area contributed by atoms with E-state index in [2.05, 4.69) is 0 Å². The first-order chi connectivity index (χ1) is 12.2. The Morgan fingerprint density at radius 3 is 2.42 bits per heavy atom. The Morgan fingerprint density at radius 1 is 1.15 bits per heavy atom. The number of benzene rings is 1. The topological polar surface area (TPSA) is 74.8 Å². The highest BCUT2D eigenvalue weighted by atomic mass is 32.2. The predicted molar refractivity (Wildman–Crippen MR) is 98.6 cm³/mol. The number of carbonyl (C=O) groups is 2. The summed E-state index contributed by atoms with van der Waals surface area (Å²) in [6.45, 7) is 5.24. The third kappa shape index (κ3) is 3.13. The van der Waals surface area contributed by atoms with Crippen molar-refractivity contribution >= 4 is 21.7 Å². The standard InChI is InChI=1S/C19H26N2O4S/c1-14(2)20-11-5-9-19(18(20)23)10-6-12-21(19)17(22)15-7-4-8-16(13-15)26(3,24)25/h4,7-8,13-14H,5-6,9-12H2,1-3H3. The van der Waals surface area contributed by atoms with Gasteiger partial charge in [-0.05, 0) is 57.7 Å². The molecule has 0 N–H and O–H groups in total. The molecule has 2 aliphatic heterocycles. The summed E-state index contributed by atoms with van der Waals surface area (Å²) < 4.78 is 23.6. The Kier molecular flexibility index (Phi) is 4.86. The lowest BCUT2D eigenvalue weighted by molar-refractivity contribution is -0.147. The molecule has 1 spiro atoms. The van der Waals surface area contributed by atoms with Crippen molar-refractivity contribution in [1.29, 1.82) is 0 Å². The Morgan fingerprint density at radius 2 is 1.81 bits per heavy atom. The molecule has 0 aromatic heterocycles. The van der Waals surface area contributed by atoms with Gasteiger partial charge in [-0.3, -0.25) is 9.59 Å². The maximum Gasteiger partial charge on any atom is 0.254 e. The smallest absolute Gasteiger partial charge is 0.254 e. The second kappa shape index (κ2) is 6.68. The Labute approximate surface area is 155 Å². The van der Waals surface area contributed by atoms with Gasteiger partial charge in [-0.1, -0.05) is 6.07 Å². The summed E-state index contributed by atoms with van der Waals surface area (Å²) in [6.07, 6.45) is 4.13. The van der Waals surface area contributed by atoms with Gasteiger partial charge < -0.3 is 9.80 Å². The van der Waals surface area contributed by atoms with E-state index in [9.17, 15) is 18.0 Å². The predicted octanol–water partition coefficient (Wildman–Crippen LogP) is 2.10.